The lowest BCUT2D eigenvalue weighted by atomic mass is 9.73. The molecule has 3 unspecified atom stereocenters. The monoisotopic (exact) mass is 299 g/mol. The SMILES string of the molecule is COCCCN(C(=O)C(=O)O)C1CC(C)CCC1C(C)C. The lowest BCUT2D eigenvalue weighted by Gasteiger charge is -2.43. The van der Waals surface area contributed by atoms with Crippen molar-refractivity contribution in [3.63, 3.8) is 0 Å². The summed E-state index contributed by atoms with van der Waals surface area (Å²) in [6.07, 6.45) is 3.80. The van der Waals surface area contributed by atoms with E-state index in [2.05, 4.69) is 20.8 Å². The summed E-state index contributed by atoms with van der Waals surface area (Å²) in [5.41, 5.74) is 0. The summed E-state index contributed by atoms with van der Waals surface area (Å²) < 4.78 is 5.03. The molecule has 21 heavy (non-hydrogen) atoms. The summed E-state index contributed by atoms with van der Waals surface area (Å²) in [5, 5.41) is 9.11. The maximum atomic E-state index is 12.1. The predicted octanol–water partition coefficient (Wildman–Crippen LogP) is 2.40. The fraction of sp³-hybridized carbons (Fsp3) is 0.875. The smallest absolute Gasteiger partial charge is 0.394 e. The van der Waals surface area contributed by atoms with Crippen molar-refractivity contribution in [2.75, 3.05) is 20.3 Å². The number of carboxylic acid groups (broad SMARTS) is 1. The minimum atomic E-state index is -1.35. The highest BCUT2D eigenvalue weighted by Crippen LogP contribution is 2.36. The van der Waals surface area contributed by atoms with E-state index in [4.69, 9.17) is 9.84 Å². The topological polar surface area (TPSA) is 66.8 Å². The summed E-state index contributed by atoms with van der Waals surface area (Å²) in [6.45, 7) is 7.50. The van der Waals surface area contributed by atoms with Gasteiger partial charge in [0.2, 0.25) is 0 Å². The third kappa shape index (κ3) is 4.99. The number of amides is 1. The van der Waals surface area contributed by atoms with E-state index in [0.29, 0.717) is 37.3 Å². The van der Waals surface area contributed by atoms with Gasteiger partial charge in [0.1, 0.15) is 0 Å². The Morgan fingerprint density at radius 2 is 2.00 bits per heavy atom. The van der Waals surface area contributed by atoms with Crippen molar-refractivity contribution in [2.24, 2.45) is 17.8 Å². The maximum Gasteiger partial charge on any atom is 0.394 e. The fourth-order valence-electron chi connectivity index (χ4n) is 3.43. The zero-order valence-corrected chi connectivity index (χ0v) is 13.7. The van der Waals surface area contributed by atoms with E-state index in [1.54, 1.807) is 12.0 Å². The van der Waals surface area contributed by atoms with Crippen molar-refractivity contribution in [3.8, 4) is 0 Å². The number of methoxy groups -OCH3 is 1. The Balaban J connectivity index is 2.90. The Hall–Kier alpha value is -1.10. The minimum absolute atomic E-state index is 0.0363. The Morgan fingerprint density at radius 3 is 2.52 bits per heavy atom. The fourth-order valence-corrected chi connectivity index (χ4v) is 3.43. The molecule has 1 N–H and O–H groups in total. The van der Waals surface area contributed by atoms with Gasteiger partial charge in [0.05, 0.1) is 0 Å². The molecule has 0 aromatic heterocycles. The van der Waals surface area contributed by atoms with E-state index in [0.717, 1.165) is 19.3 Å². The molecule has 0 saturated heterocycles. The first kappa shape index (κ1) is 18.0. The number of aliphatic carboxylic acids is 1. The van der Waals surface area contributed by atoms with Gasteiger partial charge in [-0.05, 0) is 37.0 Å². The molecule has 1 fully saturated rings. The summed E-state index contributed by atoms with van der Waals surface area (Å²) >= 11 is 0. The van der Waals surface area contributed by atoms with E-state index in [1.165, 1.54) is 0 Å². The van der Waals surface area contributed by atoms with E-state index in [9.17, 15) is 9.59 Å². The summed E-state index contributed by atoms with van der Waals surface area (Å²) in [5.74, 6) is -0.749. The second-order valence-electron chi connectivity index (χ2n) is 6.54. The van der Waals surface area contributed by atoms with Crippen LogP contribution in [0, 0.1) is 17.8 Å². The quantitative estimate of drug-likeness (QED) is 0.604. The number of nitrogens with zero attached hydrogens (tertiary/aromatic N) is 1. The van der Waals surface area contributed by atoms with E-state index in [1.807, 2.05) is 0 Å². The summed E-state index contributed by atoms with van der Waals surface area (Å²) in [6, 6.07) is 0.0363. The lowest BCUT2D eigenvalue weighted by molar-refractivity contribution is -0.159. The average Bonchev–Trinajstić information content (AvgIpc) is 2.42. The molecule has 5 heteroatoms. The van der Waals surface area contributed by atoms with Crippen LogP contribution in [-0.4, -0.2) is 48.2 Å². The van der Waals surface area contributed by atoms with Crippen molar-refractivity contribution < 1.29 is 19.4 Å². The first-order valence-corrected chi connectivity index (χ1v) is 7.91. The van der Waals surface area contributed by atoms with Gasteiger partial charge in [-0.25, -0.2) is 4.79 Å². The van der Waals surface area contributed by atoms with E-state index in [-0.39, 0.29) is 6.04 Å². The molecule has 1 amide bonds. The van der Waals surface area contributed by atoms with Crippen molar-refractivity contribution in [2.45, 2.75) is 52.5 Å². The van der Waals surface area contributed by atoms with E-state index < -0.39 is 11.9 Å². The highest BCUT2D eigenvalue weighted by atomic mass is 16.5. The van der Waals surface area contributed by atoms with Crippen LogP contribution in [0.25, 0.3) is 0 Å². The van der Waals surface area contributed by atoms with Gasteiger partial charge in [0, 0.05) is 26.3 Å². The molecule has 122 valence electrons. The average molecular weight is 299 g/mol. The Kier molecular flexibility index (Phi) is 7.15. The standard InChI is InChI=1S/C16H29NO4/c1-11(2)13-7-6-12(3)10-14(13)17(8-5-9-21-4)15(18)16(19)20/h11-14H,5-10H2,1-4H3,(H,19,20). The number of carbonyl (C=O) groups is 2. The highest BCUT2D eigenvalue weighted by Gasteiger charge is 2.38. The maximum absolute atomic E-state index is 12.1. The Bertz CT molecular complexity index is 356. The number of hydrogen-bond donors (Lipinski definition) is 1. The molecule has 0 aromatic carbocycles. The van der Waals surface area contributed by atoms with Crippen molar-refractivity contribution in [1.29, 1.82) is 0 Å². The van der Waals surface area contributed by atoms with Crippen LogP contribution in [0.4, 0.5) is 0 Å². The van der Waals surface area contributed by atoms with Crippen molar-refractivity contribution in [1.82, 2.24) is 4.90 Å². The van der Waals surface area contributed by atoms with Gasteiger partial charge in [0.15, 0.2) is 0 Å². The Morgan fingerprint density at radius 1 is 1.33 bits per heavy atom. The number of carbonyl (C=O) groups excluding carboxylic acids is 1. The Labute approximate surface area is 127 Å². The number of ether oxygens (including phenoxy) is 1. The second kappa shape index (κ2) is 8.37. The second-order valence-corrected chi connectivity index (χ2v) is 6.54. The zero-order chi connectivity index (χ0) is 16.0. The molecule has 5 nitrogen and oxygen atoms in total. The van der Waals surface area contributed by atoms with Crippen LogP contribution in [0.2, 0.25) is 0 Å². The number of hydrogen-bond acceptors (Lipinski definition) is 3. The van der Waals surface area contributed by atoms with Crippen molar-refractivity contribution in [3.05, 3.63) is 0 Å². The van der Waals surface area contributed by atoms with Gasteiger partial charge in [-0.15, -0.1) is 0 Å². The first-order valence-electron chi connectivity index (χ1n) is 7.91. The van der Waals surface area contributed by atoms with Crippen LogP contribution in [0.3, 0.4) is 0 Å². The van der Waals surface area contributed by atoms with Gasteiger partial charge in [-0.1, -0.05) is 27.2 Å². The molecule has 0 aromatic rings. The van der Waals surface area contributed by atoms with Crippen molar-refractivity contribution >= 4 is 11.9 Å². The van der Waals surface area contributed by atoms with Crippen LogP contribution >= 0.6 is 0 Å². The molecular weight excluding hydrogens is 270 g/mol. The lowest BCUT2D eigenvalue weighted by Crippen LogP contribution is -2.51. The van der Waals surface area contributed by atoms with E-state index >= 15 is 0 Å². The highest BCUT2D eigenvalue weighted by molar-refractivity contribution is 6.31. The zero-order valence-electron chi connectivity index (χ0n) is 13.7. The van der Waals surface area contributed by atoms with Crippen LogP contribution in [0.1, 0.15) is 46.5 Å². The molecule has 0 radical (unpaired) electrons. The van der Waals surface area contributed by atoms with Gasteiger partial charge in [-0.3, -0.25) is 4.79 Å². The summed E-state index contributed by atoms with van der Waals surface area (Å²) in [7, 11) is 1.61. The molecule has 0 aliphatic heterocycles. The first-order chi connectivity index (χ1) is 9.88. The van der Waals surface area contributed by atoms with Crippen LogP contribution < -0.4 is 0 Å². The molecule has 1 rings (SSSR count). The molecule has 1 aliphatic rings. The van der Waals surface area contributed by atoms with Crippen LogP contribution in [0.15, 0.2) is 0 Å². The van der Waals surface area contributed by atoms with Crippen LogP contribution in [-0.2, 0) is 14.3 Å². The molecule has 1 saturated carbocycles. The molecule has 0 spiro atoms. The molecule has 0 heterocycles. The van der Waals surface area contributed by atoms with Crippen LogP contribution in [0.5, 0.6) is 0 Å². The third-order valence-electron chi connectivity index (χ3n) is 4.58. The van der Waals surface area contributed by atoms with Gasteiger partial charge in [0.25, 0.3) is 0 Å². The largest absolute Gasteiger partial charge is 0.474 e. The summed E-state index contributed by atoms with van der Waals surface area (Å²) in [4.78, 5) is 24.8. The van der Waals surface area contributed by atoms with Gasteiger partial charge in [-0.2, -0.15) is 0 Å². The normalized spacial score (nSPS) is 25.9. The van der Waals surface area contributed by atoms with Gasteiger partial charge < -0.3 is 14.7 Å². The molecule has 0 bridgehead atoms. The van der Waals surface area contributed by atoms with Gasteiger partial charge >= 0.3 is 11.9 Å². The third-order valence-corrected chi connectivity index (χ3v) is 4.58. The molecule has 1 aliphatic carbocycles. The number of rotatable bonds is 6. The molecule has 3 atom stereocenters. The predicted molar refractivity (Wildman–Crippen MR) is 81.0 cm³/mol. The molecular formula is C16H29NO4. The minimum Gasteiger partial charge on any atom is -0.474 e. The number of carboxylic acids is 1.